The zero-order valence-electron chi connectivity index (χ0n) is 29.1. The molecule has 272 valence electrons. The van der Waals surface area contributed by atoms with E-state index in [4.69, 9.17) is 18.9 Å². The van der Waals surface area contributed by atoms with Crippen molar-refractivity contribution >= 4 is 11.9 Å². The molecule has 1 aliphatic rings. The van der Waals surface area contributed by atoms with Crippen LogP contribution in [-0.2, 0) is 28.5 Å². The Labute approximate surface area is 278 Å². The third kappa shape index (κ3) is 20.8. The fourth-order valence-corrected chi connectivity index (χ4v) is 5.72. The summed E-state index contributed by atoms with van der Waals surface area (Å²) in [5.41, 5.74) is 0. The van der Waals surface area contributed by atoms with E-state index in [1.165, 1.54) is 89.9 Å². The highest BCUT2D eigenvalue weighted by Gasteiger charge is 2.44. The predicted molar refractivity (Wildman–Crippen MR) is 178 cm³/mol. The Bertz CT molecular complexity index is 734. The molecule has 1 rings (SSSR count). The molecule has 0 saturated carbocycles. The standard InChI is InChI=1S/C36H68O10/c1-3-5-7-9-11-13-14-15-16-17-19-21-23-25-32(39)45-29(27-43-31(38)24-22-20-18-12-10-8-6-4-2)28-44-36-35(42)34(41)33(40)30(26-37)46-36/h29-30,33-37,40-42H,3-28H2,1-2H3/t29-,30-,33+,34?,35?,36-/m1/s1. The summed E-state index contributed by atoms with van der Waals surface area (Å²) < 4.78 is 22.0. The largest absolute Gasteiger partial charge is 0.462 e. The van der Waals surface area contributed by atoms with Gasteiger partial charge in [-0.2, -0.15) is 0 Å². The van der Waals surface area contributed by atoms with Gasteiger partial charge in [0.2, 0.25) is 0 Å². The number of aliphatic hydroxyl groups is 4. The molecule has 6 atom stereocenters. The molecule has 0 radical (unpaired) electrons. The molecule has 0 amide bonds. The Morgan fingerprint density at radius 1 is 0.587 bits per heavy atom. The number of aliphatic hydroxyl groups excluding tert-OH is 4. The lowest BCUT2D eigenvalue weighted by Crippen LogP contribution is -2.59. The summed E-state index contributed by atoms with van der Waals surface area (Å²) in [7, 11) is 0. The van der Waals surface area contributed by atoms with Crippen LogP contribution >= 0.6 is 0 Å². The van der Waals surface area contributed by atoms with Crippen molar-refractivity contribution in [2.75, 3.05) is 19.8 Å². The van der Waals surface area contributed by atoms with Crippen molar-refractivity contribution in [3.63, 3.8) is 0 Å². The summed E-state index contributed by atoms with van der Waals surface area (Å²) in [4.78, 5) is 25.0. The van der Waals surface area contributed by atoms with Crippen LogP contribution in [0, 0.1) is 0 Å². The van der Waals surface area contributed by atoms with Crippen LogP contribution in [0.3, 0.4) is 0 Å². The average molecular weight is 661 g/mol. The van der Waals surface area contributed by atoms with Gasteiger partial charge in [0.05, 0.1) is 13.2 Å². The lowest BCUT2D eigenvalue weighted by atomic mass is 9.99. The van der Waals surface area contributed by atoms with E-state index in [9.17, 15) is 30.0 Å². The molecule has 10 heteroatoms. The van der Waals surface area contributed by atoms with E-state index < -0.39 is 49.4 Å². The summed E-state index contributed by atoms with van der Waals surface area (Å²) in [6.45, 7) is 3.37. The molecule has 1 heterocycles. The van der Waals surface area contributed by atoms with E-state index in [-0.39, 0.29) is 32.0 Å². The third-order valence-electron chi connectivity index (χ3n) is 8.74. The van der Waals surface area contributed by atoms with Crippen molar-refractivity contribution in [1.82, 2.24) is 0 Å². The fraction of sp³-hybridized carbons (Fsp3) is 0.944. The summed E-state index contributed by atoms with van der Waals surface area (Å²) in [5, 5.41) is 39.8. The van der Waals surface area contributed by atoms with Crippen molar-refractivity contribution < 1.29 is 49.0 Å². The maximum absolute atomic E-state index is 12.6. The van der Waals surface area contributed by atoms with Crippen LogP contribution < -0.4 is 0 Å². The zero-order chi connectivity index (χ0) is 33.8. The van der Waals surface area contributed by atoms with Crippen LogP contribution in [0.4, 0.5) is 0 Å². The van der Waals surface area contributed by atoms with Gasteiger partial charge in [-0.05, 0) is 12.8 Å². The molecular formula is C36H68O10. The summed E-state index contributed by atoms with van der Waals surface area (Å²) in [6.07, 6.45) is 17.0. The third-order valence-corrected chi connectivity index (χ3v) is 8.74. The van der Waals surface area contributed by atoms with E-state index in [0.29, 0.717) is 6.42 Å². The second kappa shape index (κ2) is 28.7. The minimum Gasteiger partial charge on any atom is -0.462 e. The fourth-order valence-electron chi connectivity index (χ4n) is 5.72. The van der Waals surface area contributed by atoms with Crippen LogP contribution in [0.1, 0.15) is 162 Å². The SMILES string of the molecule is CCCCCCCCCCCCCCCC(=O)O[C@H](COC(=O)CCCCCCCCCC)CO[C@@H]1O[C@H](CO)[C@H](O)C(O)C1O. The molecule has 0 aromatic rings. The van der Waals surface area contributed by atoms with Gasteiger partial charge in [0.1, 0.15) is 31.0 Å². The number of ether oxygens (including phenoxy) is 4. The van der Waals surface area contributed by atoms with E-state index in [1.807, 2.05) is 0 Å². The van der Waals surface area contributed by atoms with Crippen molar-refractivity contribution in [1.29, 1.82) is 0 Å². The quantitative estimate of drug-likeness (QED) is 0.0512. The van der Waals surface area contributed by atoms with Crippen molar-refractivity contribution in [2.45, 2.75) is 198 Å². The number of hydrogen-bond acceptors (Lipinski definition) is 10. The van der Waals surface area contributed by atoms with Crippen LogP contribution in [0.25, 0.3) is 0 Å². The Morgan fingerprint density at radius 2 is 1.02 bits per heavy atom. The maximum atomic E-state index is 12.6. The van der Waals surface area contributed by atoms with Gasteiger partial charge in [-0.25, -0.2) is 0 Å². The van der Waals surface area contributed by atoms with E-state index in [2.05, 4.69) is 13.8 Å². The van der Waals surface area contributed by atoms with Crippen LogP contribution in [0.15, 0.2) is 0 Å². The number of carbonyl (C=O) groups is 2. The van der Waals surface area contributed by atoms with Crippen molar-refractivity contribution in [3.8, 4) is 0 Å². The van der Waals surface area contributed by atoms with Gasteiger partial charge in [-0.3, -0.25) is 9.59 Å². The molecule has 1 fully saturated rings. The lowest BCUT2D eigenvalue weighted by Gasteiger charge is -2.39. The molecule has 4 N–H and O–H groups in total. The lowest BCUT2D eigenvalue weighted by molar-refractivity contribution is -0.305. The molecule has 2 unspecified atom stereocenters. The maximum Gasteiger partial charge on any atom is 0.306 e. The molecule has 0 bridgehead atoms. The normalized spacial score (nSPS) is 22.1. The summed E-state index contributed by atoms with van der Waals surface area (Å²) in [5.74, 6) is -0.805. The van der Waals surface area contributed by atoms with Crippen LogP contribution in [0.2, 0.25) is 0 Å². The van der Waals surface area contributed by atoms with Gasteiger partial charge in [0, 0.05) is 12.8 Å². The second-order valence-electron chi connectivity index (χ2n) is 13.0. The Hall–Kier alpha value is -1.30. The molecule has 1 aliphatic heterocycles. The number of unbranched alkanes of at least 4 members (excludes halogenated alkanes) is 19. The van der Waals surface area contributed by atoms with Gasteiger partial charge >= 0.3 is 11.9 Å². The van der Waals surface area contributed by atoms with E-state index >= 15 is 0 Å². The minimum atomic E-state index is -1.59. The van der Waals surface area contributed by atoms with E-state index in [1.54, 1.807) is 0 Å². The Morgan fingerprint density at radius 3 is 1.48 bits per heavy atom. The molecule has 1 saturated heterocycles. The molecule has 46 heavy (non-hydrogen) atoms. The van der Waals surface area contributed by atoms with Crippen LogP contribution in [0.5, 0.6) is 0 Å². The van der Waals surface area contributed by atoms with Gasteiger partial charge in [0.25, 0.3) is 0 Å². The van der Waals surface area contributed by atoms with Gasteiger partial charge < -0.3 is 39.4 Å². The van der Waals surface area contributed by atoms with Crippen molar-refractivity contribution in [2.24, 2.45) is 0 Å². The molecule has 0 aromatic heterocycles. The smallest absolute Gasteiger partial charge is 0.306 e. The average Bonchev–Trinajstić information content (AvgIpc) is 3.05. The number of rotatable bonds is 30. The molecule has 0 aliphatic carbocycles. The molecule has 0 aromatic carbocycles. The van der Waals surface area contributed by atoms with Gasteiger partial charge in [-0.15, -0.1) is 0 Å². The number of hydrogen-bond donors (Lipinski definition) is 4. The van der Waals surface area contributed by atoms with Gasteiger partial charge in [0.15, 0.2) is 12.4 Å². The predicted octanol–water partition coefficient (Wildman–Crippen LogP) is 6.27. The zero-order valence-corrected chi connectivity index (χ0v) is 29.1. The Kier molecular flexibility index (Phi) is 26.6. The monoisotopic (exact) mass is 660 g/mol. The highest BCUT2D eigenvalue weighted by atomic mass is 16.7. The first kappa shape index (κ1) is 42.7. The van der Waals surface area contributed by atoms with Crippen LogP contribution in [-0.4, -0.2) is 89.0 Å². The molecule has 0 spiro atoms. The minimum absolute atomic E-state index is 0.211. The molecule has 10 nitrogen and oxygen atoms in total. The second-order valence-corrected chi connectivity index (χ2v) is 13.0. The molecular weight excluding hydrogens is 592 g/mol. The van der Waals surface area contributed by atoms with E-state index in [0.717, 1.165) is 38.5 Å². The summed E-state index contributed by atoms with van der Waals surface area (Å²) in [6, 6.07) is 0. The summed E-state index contributed by atoms with van der Waals surface area (Å²) >= 11 is 0. The number of esters is 2. The first-order valence-corrected chi connectivity index (χ1v) is 18.6. The van der Waals surface area contributed by atoms with Crippen molar-refractivity contribution in [3.05, 3.63) is 0 Å². The highest BCUT2D eigenvalue weighted by Crippen LogP contribution is 2.22. The number of carbonyl (C=O) groups excluding carboxylic acids is 2. The first-order chi connectivity index (χ1) is 22.3. The highest BCUT2D eigenvalue weighted by molar-refractivity contribution is 5.70. The topological polar surface area (TPSA) is 152 Å². The first-order valence-electron chi connectivity index (χ1n) is 18.6. The van der Waals surface area contributed by atoms with Gasteiger partial charge in [-0.1, -0.05) is 136 Å². The Balaban J connectivity index is 2.40.